The van der Waals surface area contributed by atoms with Crippen molar-refractivity contribution in [1.29, 1.82) is 0 Å². The molecule has 0 radical (unpaired) electrons. The Bertz CT molecular complexity index is 366. The maximum absolute atomic E-state index is 12.7. The van der Waals surface area contributed by atoms with Gasteiger partial charge in [-0.05, 0) is 18.2 Å². The van der Waals surface area contributed by atoms with Gasteiger partial charge in [0.05, 0.1) is 12.2 Å². The monoisotopic (exact) mass is 234 g/mol. The molecule has 90 valence electrons. The van der Waals surface area contributed by atoms with Gasteiger partial charge < -0.3 is 15.7 Å². The Kier molecular flexibility index (Phi) is 3.64. The number of benzene rings is 1. The molecule has 0 bridgehead atoms. The minimum Gasteiger partial charge on any atom is -0.399 e. The topological polar surface area (TPSA) is 49.5 Å². The predicted octanol–water partition coefficient (Wildman–Crippen LogP) is 1.72. The summed E-state index contributed by atoms with van der Waals surface area (Å²) in [5.74, 6) is 0. The van der Waals surface area contributed by atoms with Crippen LogP contribution in [0.4, 0.5) is 24.5 Å². The molecule has 0 spiro atoms. The zero-order chi connectivity index (χ0) is 12.3. The molecular formula is C10H13F3N2O. The van der Waals surface area contributed by atoms with Crippen molar-refractivity contribution >= 4 is 11.4 Å². The first-order valence-corrected chi connectivity index (χ1v) is 4.65. The van der Waals surface area contributed by atoms with E-state index in [0.29, 0.717) is 0 Å². The molecular weight excluding hydrogens is 221 g/mol. The van der Waals surface area contributed by atoms with E-state index in [2.05, 4.69) is 0 Å². The summed E-state index contributed by atoms with van der Waals surface area (Å²) in [4.78, 5) is 1.34. The number of rotatable bonds is 3. The van der Waals surface area contributed by atoms with Crippen LogP contribution in [0.25, 0.3) is 0 Å². The molecule has 0 amide bonds. The van der Waals surface area contributed by atoms with E-state index in [1.165, 1.54) is 24.1 Å². The van der Waals surface area contributed by atoms with Crippen LogP contribution < -0.4 is 10.6 Å². The summed E-state index contributed by atoms with van der Waals surface area (Å²) in [6.45, 7) is -0.0782. The van der Waals surface area contributed by atoms with Crippen molar-refractivity contribution in [3.05, 3.63) is 23.8 Å². The highest BCUT2D eigenvalue weighted by Crippen LogP contribution is 2.37. The van der Waals surface area contributed by atoms with Crippen LogP contribution in [0.1, 0.15) is 5.56 Å². The van der Waals surface area contributed by atoms with Crippen molar-refractivity contribution in [3.63, 3.8) is 0 Å². The average molecular weight is 234 g/mol. The van der Waals surface area contributed by atoms with Gasteiger partial charge in [0, 0.05) is 25.0 Å². The second-order valence-corrected chi connectivity index (χ2v) is 3.42. The Morgan fingerprint density at radius 3 is 2.50 bits per heavy atom. The number of hydrogen-bond acceptors (Lipinski definition) is 3. The molecule has 0 unspecified atom stereocenters. The largest absolute Gasteiger partial charge is 0.418 e. The van der Waals surface area contributed by atoms with E-state index in [4.69, 9.17) is 10.8 Å². The van der Waals surface area contributed by atoms with Gasteiger partial charge in [0.2, 0.25) is 0 Å². The van der Waals surface area contributed by atoms with Crippen molar-refractivity contribution in [2.45, 2.75) is 6.18 Å². The molecule has 1 aromatic carbocycles. The highest BCUT2D eigenvalue weighted by atomic mass is 19.4. The Morgan fingerprint density at radius 2 is 2.00 bits per heavy atom. The molecule has 6 heteroatoms. The van der Waals surface area contributed by atoms with E-state index < -0.39 is 11.7 Å². The standard InChI is InChI=1S/C10H13F3N2O/c1-15(4-5-16)9-3-2-7(14)6-8(9)10(11,12)13/h2-3,6,16H,4-5,14H2,1H3. The summed E-state index contributed by atoms with van der Waals surface area (Å²) in [5, 5.41) is 8.70. The normalized spacial score (nSPS) is 11.6. The average Bonchev–Trinajstić information content (AvgIpc) is 2.16. The first kappa shape index (κ1) is 12.6. The maximum Gasteiger partial charge on any atom is 0.418 e. The Balaban J connectivity index is 3.18. The molecule has 0 heterocycles. The SMILES string of the molecule is CN(CCO)c1ccc(N)cc1C(F)(F)F. The molecule has 0 aromatic heterocycles. The van der Waals surface area contributed by atoms with Crippen molar-refractivity contribution < 1.29 is 18.3 Å². The van der Waals surface area contributed by atoms with Crippen LogP contribution >= 0.6 is 0 Å². The fourth-order valence-electron chi connectivity index (χ4n) is 1.38. The molecule has 0 aliphatic rings. The lowest BCUT2D eigenvalue weighted by molar-refractivity contribution is -0.137. The van der Waals surface area contributed by atoms with Gasteiger partial charge in [0.15, 0.2) is 0 Å². The number of alkyl halides is 3. The van der Waals surface area contributed by atoms with Gasteiger partial charge in [-0.3, -0.25) is 0 Å². The van der Waals surface area contributed by atoms with Gasteiger partial charge >= 0.3 is 6.18 Å². The van der Waals surface area contributed by atoms with E-state index in [0.717, 1.165) is 6.07 Å². The number of nitrogens with zero attached hydrogens (tertiary/aromatic N) is 1. The number of aliphatic hydroxyl groups is 1. The number of nitrogens with two attached hydrogens (primary N) is 1. The second kappa shape index (κ2) is 4.61. The molecule has 0 atom stereocenters. The number of anilines is 2. The highest BCUT2D eigenvalue weighted by molar-refractivity contribution is 5.60. The van der Waals surface area contributed by atoms with Crippen LogP contribution in [-0.4, -0.2) is 25.3 Å². The van der Waals surface area contributed by atoms with Gasteiger partial charge in [-0.2, -0.15) is 13.2 Å². The molecule has 1 rings (SSSR count). The van der Waals surface area contributed by atoms with Crippen LogP contribution in [0.15, 0.2) is 18.2 Å². The minimum atomic E-state index is -4.45. The predicted molar refractivity (Wildman–Crippen MR) is 56.2 cm³/mol. The smallest absolute Gasteiger partial charge is 0.399 e. The Morgan fingerprint density at radius 1 is 1.38 bits per heavy atom. The number of hydrogen-bond donors (Lipinski definition) is 2. The second-order valence-electron chi connectivity index (χ2n) is 3.42. The van der Waals surface area contributed by atoms with Crippen LogP contribution in [0.2, 0.25) is 0 Å². The first-order chi connectivity index (χ1) is 7.36. The Labute approximate surface area is 91.3 Å². The van der Waals surface area contributed by atoms with E-state index >= 15 is 0 Å². The first-order valence-electron chi connectivity index (χ1n) is 4.65. The van der Waals surface area contributed by atoms with Gasteiger partial charge in [-0.1, -0.05) is 0 Å². The van der Waals surface area contributed by atoms with Gasteiger partial charge in [0.1, 0.15) is 0 Å². The summed E-state index contributed by atoms with van der Waals surface area (Å²) in [6.07, 6.45) is -4.45. The number of aliphatic hydroxyl groups excluding tert-OH is 1. The number of likely N-dealkylation sites (N-methyl/N-ethyl adjacent to an activating group) is 1. The molecule has 16 heavy (non-hydrogen) atoms. The van der Waals surface area contributed by atoms with E-state index in [1.807, 2.05) is 0 Å². The lowest BCUT2D eigenvalue weighted by Crippen LogP contribution is -2.24. The van der Waals surface area contributed by atoms with Gasteiger partial charge in [0.25, 0.3) is 0 Å². The third kappa shape index (κ3) is 2.79. The zero-order valence-electron chi connectivity index (χ0n) is 8.75. The van der Waals surface area contributed by atoms with Crippen LogP contribution in [0.3, 0.4) is 0 Å². The fourth-order valence-corrected chi connectivity index (χ4v) is 1.38. The van der Waals surface area contributed by atoms with Crippen molar-refractivity contribution in [2.24, 2.45) is 0 Å². The quantitative estimate of drug-likeness (QED) is 0.783. The van der Waals surface area contributed by atoms with E-state index in [1.54, 1.807) is 0 Å². The lowest BCUT2D eigenvalue weighted by Gasteiger charge is -2.22. The zero-order valence-corrected chi connectivity index (χ0v) is 8.75. The van der Waals surface area contributed by atoms with E-state index in [-0.39, 0.29) is 24.5 Å². The number of nitrogen functional groups attached to an aromatic ring is 1. The van der Waals surface area contributed by atoms with Crippen LogP contribution in [0, 0.1) is 0 Å². The molecule has 3 nitrogen and oxygen atoms in total. The molecule has 0 saturated heterocycles. The molecule has 3 N–H and O–H groups in total. The van der Waals surface area contributed by atoms with Crippen molar-refractivity contribution in [2.75, 3.05) is 30.8 Å². The third-order valence-corrected chi connectivity index (χ3v) is 2.17. The molecule has 0 aliphatic carbocycles. The fraction of sp³-hybridized carbons (Fsp3) is 0.400. The van der Waals surface area contributed by atoms with Crippen LogP contribution in [-0.2, 0) is 6.18 Å². The molecule has 1 aromatic rings. The Hall–Kier alpha value is -1.43. The van der Waals surface area contributed by atoms with Crippen molar-refractivity contribution in [1.82, 2.24) is 0 Å². The summed E-state index contributed by atoms with van der Waals surface area (Å²) < 4.78 is 38.1. The maximum atomic E-state index is 12.7. The summed E-state index contributed by atoms with van der Waals surface area (Å²) in [6, 6.07) is 3.59. The minimum absolute atomic E-state index is 0.00995. The lowest BCUT2D eigenvalue weighted by atomic mass is 10.1. The van der Waals surface area contributed by atoms with E-state index in [9.17, 15) is 13.2 Å². The van der Waals surface area contributed by atoms with Gasteiger partial charge in [-0.15, -0.1) is 0 Å². The van der Waals surface area contributed by atoms with Crippen molar-refractivity contribution in [3.8, 4) is 0 Å². The summed E-state index contributed by atoms with van der Waals surface area (Å²) in [7, 11) is 1.48. The molecule has 0 fully saturated rings. The number of halogens is 3. The van der Waals surface area contributed by atoms with Crippen LogP contribution in [0.5, 0.6) is 0 Å². The molecule has 0 saturated carbocycles. The summed E-state index contributed by atoms with van der Waals surface area (Å²) >= 11 is 0. The summed E-state index contributed by atoms with van der Waals surface area (Å²) in [5.41, 5.74) is 4.62. The molecule has 0 aliphatic heterocycles. The highest BCUT2D eigenvalue weighted by Gasteiger charge is 2.34. The third-order valence-electron chi connectivity index (χ3n) is 2.17. The van der Waals surface area contributed by atoms with Gasteiger partial charge in [-0.25, -0.2) is 0 Å².